The summed E-state index contributed by atoms with van der Waals surface area (Å²) in [5.74, 6) is 0.875. The molecule has 0 radical (unpaired) electrons. The van der Waals surface area contributed by atoms with Gasteiger partial charge in [0.05, 0.1) is 6.10 Å². The predicted octanol–water partition coefficient (Wildman–Crippen LogP) is 2.29. The van der Waals surface area contributed by atoms with Crippen LogP contribution < -0.4 is 0 Å². The maximum absolute atomic E-state index is 10.8. The number of likely N-dealkylation sites (tertiary alicyclic amines) is 1. The van der Waals surface area contributed by atoms with Gasteiger partial charge in [-0.3, -0.25) is 4.98 Å². The molecule has 1 fully saturated rings. The van der Waals surface area contributed by atoms with Crippen LogP contribution in [0.5, 0.6) is 0 Å². The van der Waals surface area contributed by atoms with E-state index in [2.05, 4.69) is 15.1 Å². The Morgan fingerprint density at radius 2 is 2.25 bits per heavy atom. The second-order valence-electron chi connectivity index (χ2n) is 5.45. The van der Waals surface area contributed by atoms with Crippen molar-refractivity contribution in [1.29, 1.82) is 0 Å². The fraction of sp³-hybridized carbons (Fsp3) is 0.375. The zero-order chi connectivity index (χ0) is 16.8. The Hall–Kier alpha value is -2.74. The fourth-order valence-electron chi connectivity index (χ4n) is 2.44. The summed E-state index contributed by atoms with van der Waals surface area (Å²) in [5, 5.41) is 12.8. The number of piperidine rings is 1. The Bertz CT molecular complexity index is 693. The molecule has 0 unspecified atom stereocenters. The van der Waals surface area contributed by atoms with E-state index in [1.165, 1.54) is 4.90 Å². The molecular weight excluding hydrogens is 312 g/mol. The van der Waals surface area contributed by atoms with Gasteiger partial charge in [0, 0.05) is 31.6 Å². The van der Waals surface area contributed by atoms with Gasteiger partial charge in [0.25, 0.3) is 5.89 Å². The molecule has 126 valence electrons. The molecule has 24 heavy (non-hydrogen) atoms. The van der Waals surface area contributed by atoms with Gasteiger partial charge in [0.2, 0.25) is 0 Å². The van der Waals surface area contributed by atoms with E-state index in [0.29, 0.717) is 37.6 Å². The van der Waals surface area contributed by atoms with Crippen molar-refractivity contribution < 1.29 is 19.2 Å². The highest BCUT2D eigenvalue weighted by molar-refractivity contribution is 5.65. The summed E-state index contributed by atoms with van der Waals surface area (Å²) in [4.78, 5) is 20.5. The van der Waals surface area contributed by atoms with Crippen LogP contribution in [-0.4, -0.2) is 50.4 Å². The molecule has 3 heterocycles. The average Bonchev–Trinajstić information content (AvgIpc) is 3.07. The molecule has 0 aromatic carbocycles. The van der Waals surface area contributed by atoms with Crippen LogP contribution in [-0.2, 0) is 11.3 Å². The lowest BCUT2D eigenvalue weighted by Crippen LogP contribution is -2.40. The SMILES string of the molecule is O=C(O)N1CCC(OCc2noc(/C=C/c3cccnc3)n2)CC1. The number of ether oxygens (including phenoxy) is 1. The fourth-order valence-corrected chi connectivity index (χ4v) is 2.44. The first-order valence-electron chi connectivity index (χ1n) is 7.71. The van der Waals surface area contributed by atoms with Crippen molar-refractivity contribution in [3.63, 3.8) is 0 Å². The van der Waals surface area contributed by atoms with Crippen molar-refractivity contribution in [2.75, 3.05) is 13.1 Å². The molecule has 1 aliphatic rings. The van der Waals surface area contributed by atoms with Crippen molar-refractivity contribution >= 4 is 18.2 Å². The number of aromatic nitrogens is 3. The second kappa shape index (κ2) is 7.69. The van der Waals surface area contributed by atoms with Gasteiger partial charge in [-0.15, -0.1) is 0 Å². The molecular formula is C16H18N4O4. The third-order valence-corrected chi connectivity index (χ3v) is 3.75. The van der Waals surface area contributed by atoms with Crippen LogP contribution in [0.4, 0.5) is 4.79 Å². The predicted molar refractivity (Wildman–Crippen MR) is 84.9 cm³/mol. The molecule has 1 N–H and O–H groups in total. The van der Waals surface area contributed by atoms with Gasteiger partial charge in [-0.2, -0.15) is 4.98 Å². The Balaban J connectivity index is 1.47. The van der Waals surface area contributed by atoms with E-state index in [-0.39, 0.29) is 12.7 Å². The van der Waals surface area contributed by atoms with Gasteiger partial charge < -0.3 is 19.3 Å². The zero-order valence-electron chi connectivity index (χ0n) is 13.0. The van der Waals surface area contributed by atoms with Gasteiger partial charge >= 0.3 is 6.09 Å². The number of carboxylic acid groups (broad SMARTS) is 1. The van der Waals surface area contributed by atoms with Gasteiger partial charge in [-0.1, -0.05) is 11.2 Å². The highest BCUT2D eigenvalue weighted by atomic mass is 16.5. The van der Waals surface area contributed by atoms with E-state index in [0.717, 1.165) is 5.56 Å². The number of hydrogen-bond donors (Lipinski definition) is 1. The van der Waals surface area contributed by atoms with E-state index in [1.54, 1.807) is 18.5 Å². The second-order valence-corrected chi connectivity index (χ2v) is 5.45. The third-order valence-electron chi connectivity index (χ3n) is 3.75. The van der Waals surface area contributed by atoms with Crippen molar-refractivity contribution in [2.24, 2.45) is 0 Å². The van der Waals surface area contributed by atoms with Crippen molar-refractivity contribution in [3.05, 3.63) is 41.8 Å². The number of amides is 1. The summed E-state index contributed by atoms with van der Waals surface area (Å²) in [7, 11) is 0. The molecule has 2 aromatic rings. The maximum atomic E-state index is 10.8. The minimum absolute atomic E-state index is 0.0217. The number of hydrogen-bond acceptors (Lipinski definition) is 6. The normalized spacial score (nSPS) is 15.9. The minimum Gasteiger partial charge on any atom is -0.465 e. The van der Waals surface area contributed by atoms with Crippen molar-refractivity contribution in [1.82, 2.24) is 20.0 Å². The largest absolute Gasteiger partial charge is 0.465 e. The van der Waals surface area contributed by atoms with Crippen LogP contribution in [0.25, 0.3) is 12.2 Å². The van der Waals surface area contributed by atoms with Crippen LogP contribution >= 0.6 is 0 Å². The molecule has 1 amide bonds. The first-order valence-corrected chi connectivity index (χ1v) is 7.71. The van der Waals surface area contributed by atoms with E-state index >= 15 is 0 Å². The number of carbonyl (C=O) groups is 1. The van der Waals surface area contributed by atoms with Gasteiger partial charge in [-0.25, -0.2) is 4.79 Å². The molecule has 2 aromatic heterocycles. The summed E-state index contributed by atoms with van der Waals surface area (Å²) in [5.41, 5.74) is 0.943. The third kappa shape index (κ3) is 4.39. The Morgan fingerprint density at radius 3 is 2.96 bits per heavy atom. The summed E-state index contributed by atoms with van der Waals surface area (Å²) in [6.07, 6.45) is 7.51. The monoisotopic (exact) mass is 330 g/mol. The van der Waals surface area contributed by atoms with Crippen LogP contribution in [0.2, 0.25) is 0 Å². The highest BCUT2D eigenvalue weighted by Crippen LogP contribution is 2.15. The first kappa shape index (κ1) is 16.1. The Labute approximate surface area is 138 Å². The van der Waals surface area contributed by atoms with E-state index in [9.17, 15) is 4.79 Å². The maximum Gasteiger partial charge on any atom is 0.407 e. The lowest BCUT2D eigenvalue weighted by Gasteiger charge is -2.29. The smallest absolute Gasteiger partial charge is 0.407 e. The number of pyridine rings is 1. The number of nitrogens with zero attached hydrogens (tertiary/aromatic N) is 4. The van der Waals surface area contributed by atoms with Gasteiger partial charge in [-0.05, 0) is 30.5 Å². The molecule has 0 spiro atoms. The lowest BCUT2D eigenvalue weighted by molar-refractivity contribution is -0.00294. The van der Waals surface area contributed by atoms with E-state index < -0.39 is 6.09 Å². The van der Waals surface area contributed by atoms with Crippen LogP contribution in [0.3, 0.4) is 0 Å². The Kier molecular flexibility index (Phi) is 5.17. The quantitative estimate of drug-likeness (QED) is 0.897. The summed E-state index contributed by atoms with van der Waals surface area (Å²) >= 11 is 0. The summed E-state index contributed by atoms with van der Waals surface area (Å²) in [6, 6.07) is 3.77. The molecule has 0 saturated carbocycles. The van der Waals surface area contributed by atoms with E-state index in [4.69, 9.17) is 14.4 Å². The molecule has 1 aliphatic heterocycles. The molecule has 3 rings (SSSR count). The van der Waals surface area contributed by atoms with Crippen LogP contribution in [0.15, 0.2) is 29.0 Å². The molecule has 0 bridgehead atoms. The first-order chi connectivity index (χ1) is 11.7. The average molecular weight is 330 g/mol. The minimum atomic E-state index is -0.878. The zero-order valence-corrected chi connectivity index (χ0v) is 13.0. The van der Waals surface area contributed by atoms with Crippen LogP contribution in [0.1, 0.15) is 30.1 Å². The van der Waals surface area contributed by atoms with E-state index in [1.807, 2.05) is 18.2 Å². The van der Waals surface area contributed by atoms with Gasteiger partial charge in [0.15, 0.2) is 5.82 Å². The molecule has 0 atom stereocenters. The molecule has 8 nitrogen and oxygen atoms in total. The number of rotatable bonds is 5. The molecule has 1 saturated heterocycles. The van der Waals surface area contributed by atoms with Crippen molar-refractivity contribution in [3.8, 4) is 0 Å². The van der Waals surface area contributed by atoms with Gasteiger partial charge in [0.1, 0.15) is 6.61 Å². The summed E-state index contributed by atoms with van der Waals surface area (Å²) in [6.45, 7) is 1.23. The Morgan fingerprint density at radius 1 is 1.42 bits per heavy atom. The molecule has 8 heteroatoms. The lowest BCUT2D eigenvalue weighted by atomic mass is 10.1. The summed E-state index contributed by atoms with van der Waals surface area (Å²) < 4.78 is 10.9. The van der Waals surface area contributed by atoms with Crippen LogP contribution in [0, 0.1) is 0 Å². The molecule has 0 aliphatic carbocycles. The van der Waals surface area contributed by atoms with Crippen molar-refractivity contribution in [2.45, 2.75) is 25.6 Å². The highest BCUT2D eigenvalue weighted by Gasteiger charge is 2.23. The standard InChI is InChI=1S/C16H18N4O4/c21-16(22)20-8-5-13(6-9-20)23-11-14-18-15(24-19-14)4-3-12-2-1-7-17-10-12/h1-4,7,10,13H,5-6,8-9,11H2,(H,21,22)/b4-3+. The topological polar surface area (TPSA) is 102 Å².